The number of rotatable bonds is 4. The molecule has 3 rings (SSSR count). The minimum Gasteiger partial charge on any atom is -0.494 e. The summed E-state index contributed by atoms with van der Waals surface area (Å²) in [5.41, 5.74) is 0.696. The van der Waals surface area contributed by atoms with Crippen LogP contribution in [-0.2, 0) is 0 Å². The molecule has 0 bridgehead atoms. The van der Waals surface area contributed by atoms with E-state index < -0.39 is 0 Å². The minimum atomic E-state index is 0.0619. The van der Waals surface area contributed by atoms with Gasteiger partial charge in [0.1, 0.15) is 5.75 Å². The van der Waals surface area contributed by atoms with Crippen LogP contribution in [0.2, 0.25) is 0 Å². The zero-order valence-corrected chi connectivity index (χ0v) is 13.2. The predicted octanol–water partition coefficient (Wildman–Crippen LogP) is 1.84. The van der Waals surface area contributed by atoms with Crippen molar-refractivity contribution >= 4 is 11.7 Å². The van der Waals surface area contributed by atoms with Crippen molar-refractivity contribution in [1.29, 1.82) is 0 Å². The third-order valence-electron chi connectivity index (χ3n) is 3.86. The monoisotopic (exact) mass is 312 g/mol. The van der Waals surface area contributed by atoms with Crippen LogP contribution in [0.5, 0.6) is 5.75 Å². The molecule has 1 aliphatic heterocycles. The van der Waals surface area contributed by atoms with Gasteiger partial charge in [-0.3, -0.25) is 4.79 Å². The van der Waals surface area contributed by atoms with E-state index in [-0.39, 0.29) is 5.91 Å². The lowest BCUT2D eigenvalue weighted by molar-refractivity contribution is 0.0746. The number of hydrogen-bond donors (Lipinski definition) is 0. The van der Waals surface area contributed by atoms with Gasteiger partial charge in [0.15, 0.2) is 5.82 Å². The molecule has 1 aliphatic rings. The van der Waals surface area contributed by atoms with E-state index in [9.17, 15) is 4.79 Å². The van der Waals surface area contributed by atoms with E-state index >= 15 is 0 Å². The van der Waals surface area contributed by atoms with Crippen molar-refractivity contribution < 1.29 is 9.53 Å². The lowest BCUT2D eigenvalue weighted by atomic mass is 10.1. The van der Waals surface area contributed by atoms with Crippen LogP contribution in [0.1, 0.15) is 17.3 Å². The summed E-state index contributed by atoms with van der Waals surface area (Å²) in [5, 5.41) is 8.02. The van der Waals surface area contributed by atoms with Crippen LogP contribution in [0.4, 0.5) is 5.82 Å². The fourth-order valence-electron chi connectivity index (χ4n) is 2.64. The maximum atomic E-state index is 12.6. The van der Waals surface area contributed by atoms with Crippen LogP contribution in [0.25, 0.3) is 0 Å². The topological polar surface area (TPSA) is 58.6 Å². The molecule has 6 heteroatoms. The second-order valence-electron chi connectivity index (χ2n) is 5.32. The van der Waals surface area contributed by atoms with Crippen LogP contribution in [0.3, 0.4) is 0 Å². The smallest absolute Gasteiger partial charge is 0.253 e. The number of carbonyl (C=O) groups is 1. The van der Waals surface area contributed by atoms with Gasteiger partial charge in [-0.2, -0.15) is 5.10 Å². The zero-order chi connectivity index (χ0) is 16.1. The van der Waals surface area contributed by atoms with Gasteiger partial charge < -0.3 is 14.5 Å². The van der Waals surface area contributed by atoms with E-state index in [1.54, 1.807) is 6.20 Å². The standard InChI is InChI=1S/C17H20N4O2/c1-2-23-15-7-5-14(6-8-15)17(22)21-12-10-20(11-13-21)16-4-3-9-18-19-16/h3-9H,2,10-13H2,1H3. The van der Waals surface area contributed by atoms with Crippen molar-refractivity contribution in [3.05, 3.63) is 48.2 Å². The quantitative estimate of drug-likeness (QED) is 0.862. The molecule has 23 heavy (non-hydrogen) atoms. The molecule has 1 fully saturated rings. The summed E-state index contributed by atoms with van der Waals surface area (Å²) in [7, 11) is 0. The molecule has 0 atom stereocenters. The number of benzene rings is 1. The lowest BCUT2D eigenvalue weighted by Gasteiger charge is -2.35. The van der Waals surface area contributed by atoms with Crippen LogP contribution in [0, 0.1) is 0 Å². The molecular weight excluding hydrogens is 292 g/mol. The van der Waals surface area contributed by atoms with Crippen molar-refractivity contribution in [1.82, 2.24) is 15.1 Å². The average Bonchev–Trinajstić information content (AvgIpc) is 2.63. The number of piperazine rings is 1. The summed E-state index contributed by atoms with van der Waals surface area (Å²) in [6.45, 7) is 5.46. The summed E-state index contributed by atoms with van der Waals surface area (Å²) in [6.07, 6.45) is 1.66. The number of anilines is 1. The molecule has 1 amide bonds. The normalized spacial score (nSPS) is 14.7. The summed E-state index contributed by atoms with van der Waals surface area (Å²) < 4.78 is 5.40. The number of ether oxygens (including phenoxy) is 1. The van der Waals surface area contributed by atoms with E-state index in [0.717, 1.165) is 24.7 Å². The van der Waals surface area contributed by atoms with Crippen LogP contribution in [0.15, 0.2) is 42.6 Å². The first-order chi connectivity index (χ1) is 11.3. The Bertz CT molecular complexity index is 637. The lowest BCUT2D eigenvalue weighted by Crippen LogP contribution is -2.49. The van der Waals surface area contributed by atoms with Gasteiger partial charge in [0, 0.05) is 37.9 Å². The van der Waals surface area contributed by atoms with E-state index in [1.807, 2.05) is 48.2 Å². The Hall–Kier alpha value is -2.63. The Kier molecular flexibility index (Phi) is 4.71. The first-order valence-electron chi connectivity index (χ1n) is 7.82. The molecule has 6 nitrogen and oxygen atoms in total. The molecule has 0 radical (unpaired) electrons. The average molecular weight is 312 g/mol. The Morgan fingerprint density at radius 2 is 1.87 bits per heavy atom. The second kappa shape index (κ2) is 7.09. The van der Waals surface area contributed by atoms with Crippen molar-refractivity contribution in [2.45, 2.75) is 6.92 Å². The van der Waals surface area contributed by atoms with Gasteiger partial charge in [0.2, 0.25) is 0 Å². The summed E-state index contributed by atoms with van der Waals surface area (Å²) in [5.74, 6) is 1.71. The fraction of sp³-hybridized carbons (Fsp3) is 0.353. The maximum absolute atomic E-state index is 12.6. The SMILES string of the molecule is CCOc1ccc(C(=O)N2CCN(c3cccnn3)CC2)cc1. The molecule has 120 valence electrons. The largest absolute Gasteiger partial charge is 0.494 e. The van der Waals surface area contributed by atoms with Gasteiger partial charge in [-0.05, 0) is 43.3 Å². The van der Waals surface area contributed by atoms with Crippen LogP contribution >= 0.6 is 0 Å². The first kappa shape index (κ1) is 15.3. The van der Waals surface area contributed by atoms with Gasteiger partial charge in [0.05, 0.1) is 6.61 Å². The van der Waals surface area contributed by atoms with Gasteiger partial charge in [-0.25, -0.2) is 0 Å². The third kappa shape index (κ3) is 3.59. The zero-order valence-electron chi connectivity index (χ0n) is 13.2. The second-order valence-corrected chi connectivity index (χ2v) is 5.32. The van der Waals surface area contributed by atoms with Crippen molar-refractivity contribution in [2.75, 3.05) is 37.7 Å². The highest BCUT2D eigenvalue weighted by molar-refractivity contribution is 5.94. The number of hydrogen-bond acceptors (Lipinski definition) is 5. The van der Waals surface area contributed by atoms with Gasteiger partial charge in [-0.1, -0.05) is 0 Å². The highest BCUT2D eigenvalue weighted by Gasteiger charge is 2.22. The highest BCUT2D eigenvalue weighted by atomic mass is 16.5. The van der Waals surface area contributed by atoms with Gasteiger partial charge in [-0.15, -0.1) is 5.10 Å². The van der Waals surface area contributed by atoms with E-state index in [0.29, 0.717) is 25.3 Å². The van der Waals surface area contributed by atoms with E-state index in [1.165, 1.54) is 0 Å². The first-order valence-corrected chi connectivity index (χ1v) is 7.82. The molecule has 2 aromatic rings. The van der Waals surface area contributed by atoms with Gasteiger partial charge in [0.25, 0.3) is 5.91 Å². The molecular formula is C17H20N4O2. The Labute approximate surface area is 135 Å². The van der Waals surface area contributed by atoms with Crippen molar-refractivity contribution in [3.63, 3.8) is 0 Å². The molecule has 0 N–H and O–H groups in total. The Morgan fingerprint density at radius 3 is 2.48 bits per heavy atom. The van der Waals surface area contributed by atoms with E-state index in [4.69, 9.17) is 4.74 Å². The number of amides is 1. The Morgan fingerprint density at radius 1 is 1.13 bits per heavy atom. The third-order valence-corrected chi connectivity index (χ3v) is 3.86. The molecule has 0 spiro atoms. The van der Waals surface area contributed by atoms with Crippen molar-refractivity contribution in [3.8, 4) is 5.75 Å². The molecule has 0 aliphatic carbocycles. The minimum absolute atomic E-state index is 0.0619. The molecule has 2 heterocycles. The molecule has 0 saturated carbocycles. The molecule has 1 aromatic heterocycles. The Balaban J connectivity index is 1.59. The number of aromatic nitrogens is 2. The molecule has 1 aromatic carbocycles. The summed E-state index contributed by atoms with van der Waals surface area (Å²) >= 11 is 0. The van der Waals surface area contributed by atoms with Crippen molar-refractivity contribution in [2.24, 2.45) is 0 Å². The summed E-state index contributed by atoms with van der Waals surface area (Å²) in [6, 6.07) is 11.1. The number of nitrogens with zero attached hydrogens (tertiary/aromatic N) is 4. The fourth-order valence-corrected chi connectivity index (χ4v) is 2.64. The van der Waals surface area contributed by atoms with E-state index in [2.05, 4.69) is 15.1 Å². The summed E-state index contributed by atoms with van der Waals surface area (Å²) in [4.78, 5) is 16.6. The van der Waals surface area contributed by atoms with Crippen LogP contribution < -0.4 is 9.64 Å². The predicted molar refractivity (Wildman–Crippen MR) is 87.8 cm³/mol. The number of carbonyl (C=O) groups excluding carboxylic acids is 1. The van der Waals surface area contributed by atoms with Crippen LogP contribution in [-0.4, -0.2) is 53.8 Å². The molecule has 0 unspecified atom stereocenters. The van der Waals surface area contributed by atoms with Gasteiger partial charge >= 0.3 is 0 Å². The highest BCUT2D eigenvalue weighted by Crippen LogP contribution is 2.16. The molecule has 1 saturated heterocycles. The maximum Gasteiger partial charge on any atom is 0.253 e.